The number of hydrogen-bond acceptors (Lipinski definition) is 5. The monoisotopic (exact) mass is 565 g/mol. The minimum atomic E-state index is -3.51. The summed E-state index contributed by atoms with van der Waals surface area (Å²) < 4.78 is 48.5. The zero-order valence-electron chi connectivity index (χ0n) is 21.8. The van der Waals surface area contributed by atoms with Crippen LogP contribution in [0.15, 0.2) is 72.9 Å². The molecular weight excluding hydrogens is 537 g/mol. The molecule has 2 aromatic carbocycles. The van der Waals surface area contributed by atoms with E-state index >= 15 is 0 Å². The molecule has 0 aliphatic carbocycles. The second-order valence-electron chi connectivity index (χ2n) is 9.37. The SMILES string of the molecule is COc1cc(N2C(=S)N[C@H](c3ccccn3)[C@H]2c2cc(C)n(-c3ccccc3F)c2C)ccc1NS(C)(=O)=O. The standard InChI is InChI=1S/C28H28FN5O3S2/c1-17-15-20(18(2)33(17)24-11-6-5-9-21(24)29)27-26(23-10-7-8-14-30-23)31-28(38)34(27)19-12-13-22(25(16-19)37-3)32-39(4,35)36/h5-16,26-27,32H,1-4H3,(H,31,38)/t26-,27-/m1/s1. The number of thiocarbonyl (C=S) groups is 1. The highest BCUT2D eigenvalue weighted by atomic mass is 32.2. The summed E-state index contributed by atoms with van der Waals surface area (Å²) in [4.78, 5) is 6.57. The van der Waals surface area contributed by atoms with E-state index in [2.05, 4.69) is 15.0 Å². The summed E-state index contributed by atoms with van der Waals surface area (Å²) in [6.45, 7) is 3.90. The molecule has 202 valence electrons. The predicted octanol–water partition coefficient (Wildman–Crippen LogP) is 5.19. The molecule has 11 heteroatoms. The molecule has 1 saturated heterocycles. The number of halogens is 1. The van der Waals surface area contributed by atoms with Crippen molar-refractivity contribution < 1.29 is 17.5 Å². The summed E-state index contributed by atoms with van der Waals surface area (Å²) in [6, 6.07) is 18.9. The largest absolute Gasteiger partial charge is 0.494 e. The van der Waals surface area contributed by atoms with Gasteiger partial charge in [0.2, 0.25) is 10.0 Å². The predicted molar refractivity (Wildman–Crippen MR) is 155 cm³/mol. The first kappa shape index (κ1) is 26.6. The average molecular weight is 566 g/mol. The molecule has 0 bridgehead atoms. The maximum Gasteiger partial charge on any atom is 0.229 e. The van der Waals surface area contributed by atoms with E-state index in [0.29, 0.717) is 27.9 Å². The van der Waals surface area contributed by atoms with E-state index in [4.69, 9.17) is 17.0 Å². The molecule has 0 unspecified atom stereocenters. The van der Waals surface area contributed by atoms with Crippen LogP contribution in [0.25, 0.3) is 5.69 Å². The minimum Gasteiger partial charge on any atom is -0.494 e. The van der Waals surface area contributed by atoms with Crippen LogP contribution in [0.5, 0.6) is 5.75 Å². The quantitative estimate of drug-likeness (QED) is 0.298. The molecule has 0 amide bonds. The van der Waals surface area contributed by atoms with E-state index in [0.717, 1.165) is 28.9 Å². The Morgan fingerprint density at radius 2 is 1.82 bits per heavy atom. The zero-order valence-corrected chi connectivity index (χ0v) is 23.5. The number of sulfonamides is 1. The van der Waals surface area contributed by atoms with Gasteiger partial charge >= 0.3 is 0 Å². The Balaban J connectivity index is 1.67. The van der Waals surface area contributed by atoms with Gasteiger partial charge in [-0.15, -0.1) is 0 Å². The molecule has 4 aromatic rings. The van der Waals surface area contributed by atoms with Crippen LogP contribution in [0.1, 0.15) is 34.7 Å². The molecule has 2 N–H and O–H groups in total. The van der Waals surface area contributed by atoms with Crippen molar-refractivity contribution in [1.82, 2.24) is 14.9 Å². The number of pyridine rings is 1. The van der Waals surface area contributed by atoms with Crippen LogP contribution in [-0.2, 0) is 10.0 Å². The van der Waals surface area contributed by atoms with E-state index in [9.17, 15) is 12.8 Å². The summed E-state index contributed by atoms with van der Waals surface area (Å²) in [5.74, 6) is 0.0281. The van der Waals surface area contributed by atoms with Gasteiger partial charge < -0.3 is 19.5 Å². The first-order valence-electron chi connectivity index (χ1n) is 12.2. The van der Waals surface area contributed by atoms with Gasteiger partial charge in [-0.1, -0.05) is 18.2 Å². The van der Waals surface area contributed by atoms with E-state index in [-0.39, 0.29) is 17.9 Å². The number of benzene rings is 2. The number of hydrogen-bond donors (Lipinski definition) is 2. The highest BCUT2D eigenvalue weighted by Crippen LogP contribution is 2.45. The van der Waals surface area contributed by atoms with Crippen molar-refractivity contribution in [3.05, 3.63) is 101 Å². The molecular formula is C28H28FN5O3S2. The van der Waals surface area contributed by atoms with Crippen molar-refractivity contribution in [3.63, 3.8) is 0 Å². The van der Waals surface area contributed by atoms with Crippen LogP contribution < -0.4 is 19.7 Å². The highest BCUT2D eigenvalue weighted by molar-refractivity contribution is 7.92. The van der Waals surface area contributed by atoms with Crippen LogP contribution in [-0.4, -0.2) is 36.4 Å². The number of methoxy groups -OCH3 is 1. The van der Waals surface area contributed by atoms with Crippen molar-refractivity contribution in [3.8, 4) is 11.4 Å². The van der Waals surface area contributed by atoms with Gasteiger partial charge in [0.05, 0.1) is 42.5 Å². The van der Waals surface area contributed by atoms with Crippen molar-refractivity contribution in [2.24, 2.45) is 0 Å². The first-order valence-corrected chi connectivity index (χ1v) is 14.5. The van der Waals surface area contributed by atoms with Gasteiger partial charge in [-0.05, 0) is 74.1 Å². The molecule has 0 saturated carbocycles. The van der Waals surface area contributed by atoms with E-state index in [1.165, 1.54) is 13.2 Å². The highest BCUT2D eigenvalue weighted by Gasteiger charge is 2.42. The fraction of sp³-hybridized carbons (Fsp3) is 0.214. The fourth-order valence-corrected chi connectivity index (χ4v) is 6.07. The molecule has 0 radical (unpaired) electrons. The second kappa shape index (κ2) is 10.3. The summed E-state index contributed by atoms with van der Waals surface area (Å²) in [5.41, 5.74) is 4.95. The smallest absolute Gasteiger partial charge is 0.229 e. The number of rotatable bonds is 7. The summed E-state index contributed by atoms with van der Waals surface area (Å²) in [7, 11) is -2.04. The maximum atomic E-state index is 14.9. The normalized spacial score (nSPS) is 17.3. The van der Waals surface area contributed by atoms with Crippen LogP contribution >= 0.6 is 12.2 Å². The number of aromatic nitrogens is 2. The third kappa shape index (κ3) is 5.07. The van der Waals surface area contributed by atoms with Crippen LogP contribution in [0.4, 0.5) is 15.8 Å². The van der Waals surface area contributed by atoms with Crippen molar-refractivity contribution in [1.29, 1.82) is 0 Å². The van der Waals surface area contributed by atoms with E-state index in [1.807, 2.05) is 53.6 Å². The Labute approximate surface area is 232 Å². The Bertz CT molecular complexity index is 1660. The molecule has 1 aliphatic rings. The lowest BCUT2D eigenvalue weighted by Gasteiger charge is -2.29. The minimum absolute atomic E-state index is 0.312. The van der Waals surface area contributed by atoms with E-state index in [1.54, 1.807) is 36.5 Å². The van der Waals surface area contributed by atoms with Crippen LogP contribution in [0.2, 0.25) is 0 Å². The molecule has 2 aromatic heterocycles. The lowest BCUT2D eigenvalue weighted by atomic mass is 9.96. The molecule has 1 aliphatic heterocycles. The summed E-state index contributed by atoms with van der Waals surface area (Å²) >= 11 is 5.84. The Morgan fingerprint density at radius 3 is 2.49 bits per heavy atom. The third-order valence-corrected chi connectivity index (χ3v) is 7.64. The van der Waals surface area contributed by atoms with Crippen LogP contribution in [0, 0.1) is 19.7 Å². The molecule has 1 fully saturated rings. The summed E-state index contributed by atoms with van der Waals surface area (Å²) in [6.07, 6.45) is 2.82. The number of nitrogens with one attached hydrogen (secondary N) is 2. The van der Waals surface area contributed by atoms with Gasteiger partial charge in [-0.3, -0.25) is 9.71 Å². The van der Waals surface area contributed by atoms with Crippen molar-refractivity contribution in [2.45, 2.75) is 25.9 Å². The van der Waals surface area contributed by atoms with Gasteiger partial charge in [0, 0.05) is 29.3 Å². The van der Waals surface area contributed by atoms with Gasteiger partial charge in [0.1, 0.15) is 11.6 Å². The molecule has 5 rings (SSSR count). The molecule has 0 spiro atoms. The Kier molecular flexibility index (Phi) is 7.04. The third-order valence-electron chi connectivity index (χ3n) is 6.74. The fourth-order valence-electron chi connectivity index (χ4n) is 5.15. The molecule has 8 nitrogen and oxygen atoms in total. The number of aryl methyl sites for hydroxylation is 1. The topological polar surface area (TPSA) is 88.5 Å². The lowest BCUT2D eigenvalue weighted by Crippen LogP contribution is -2.29. The lowest BCUT2D eigenvalue weighted by molar-refractivity contribution is 0.417. The van der Waals surface area contributed by atoms with Crippen molar-refractivity contribution in [2.75, 3.05) is 23.0 Å². The summed E-state index contributed by atoms with van der Waals surface area (Å²) in [5, 5.41) is 3.89. The Morgan fingerprint density at radius 1 is 1.08 bits per heavy atom. The van der Waals surface area contributed by atoms with Gasteiger partial charge in [-0.2, -0.15) is 0 Å². The maximum absolute atomic E-state index is 14.9. The molecule has 2 atom stereocenters. The van der Waals surface area contributed by atoms with Gasteiger partial charge in [0.15, 0.2) is 5.11 Å². The Hall–Kier alpha value is -3.96. The van der Waals surface area contributed by atoms with Gasteiger partial charge in [-0.25, -0.2) is 12.8 Å². The number of nitrogens with zero attached hydrogens (tertiary/aromatic N) is 3. The zero-order chi connectivity index (χ0) is 27.9. The first-order chi connectivity index (χ1) is 18.6. The van der Waals surface area contributed by atoms with Crippen LogP contribution in [0.3, 0.4) is 0 Å². The molecule has 3 heterocycles. The number of ether oxygens (including phenoxy) is 1. The van der Waals surface area contributed by atoms with Crippen molar-refractivity contribution >= 4 is 38.7 Å². The number of anilines is 2. The second-order valence-corrected chi connectivity index (χ2v) is 11.5. The van der Waals surface area contributed by atoms with E-state index < -0.39 is 10.0 Å². The number of para-hydroxylation sites is 1. The molecule has 39 heavy (non-hydrogen) atoms. The van der Waals surface area contributed by atoms with Gasteiger partial charge in [0.25, 0.3) is 0 Å². The average Bonchev–Trinajstić information content (AvgIpc) is 3.39.